The van der Waals surface area contributed by atoms with Crippen molar-refractivity contribution in [2.45, 2.75) is 32.0 Å². The Morgan fingerprint density at radius 2 is 1.34 bits per heavy atom. The van der Waals surface area contributed by atoms with E-state index in [1.54, 1.807) is 24.1 Å². The van der Waals surface area contributed by atoms with E-state index in [0.29, 0.717) is 13.0 Å². The molecule has 0 bridgehead atoms. The van der Waals surface area contributed by atoms with Crippen LogP contribution in [0.3, 0.4) is 0 Å². The highest BCUT2D eigenvalue weighted by atomic mass is 19.1. The zero-order valence-electron chi connectivity index (χ0n) is 21.3. The first-order valence-corrected chi connectivity index (χ1v) is 12.5. The molecule has 2 amide bonds. The molecule has 0 aliphatic rings. The quantitative estimate of drug-likeness (QED) is 0.297. The Morgan fingerprint density at radius 1 is 0.763 bits per heavy atom. The van der Waals surface area contributed by atoms with E-state index in [2.05, 4.69) is 5.32 Å². The van der Waals surface area contributed by atoms with E-state index in [9.17, 15) is 14.0 Å². The highest BCUT2D eigenvalue weighted by Gasteiger charge is 2.30. The molecule has 194 valence electrons. The molecule has 5 nitrogen and oxygen atoms in total. The minimum Gasteiger partial charge on any atom is -0.497 e. The molecule has 38 heavy (non-hydrogen) atoms. The molecule has 0 spiro atoms. The Hall–Kier alpha value is -4.45. The Kier molecular flexibility index (Phi) is 9.24. The van der Waals surface area contributed by atoms with Gasteiger partial charge in [0.2, 0.25) is 11.8 Å². The number of hydrogen-bond donors (Lipinski definition) is 1. The molecule has 0 unspecified atom stereocenters. The second-order valence-corrected chi connectivity index (χ2v) is 9.08. The number of benzene rings is 4. The molecule has 1 atom stereocenters. The highest BCUT2D eigenvalue weighted by Crippen LogP contribution is 2.18. The van der Waals surface area contributed by atoms with Gasteiger partial charge in [-0.05, 0) is 46.5 Å². The van der Waals surface area contributed by atoms with Gasteiger partial charge in [-0.3, -0.25) is 9.59 Å². The van der Waals surface area contributed by atoms with Crippen molar-refractivity contribution in [1.29, 1.82) is 0 Å². The fraction of sp³-hybridized carbons (Fsp3) is 0.188. The van der Waals surface area contributed by atoms with Crippen molar-refractivity contribution >= 4 is 11.8 Å². The normalized spacial score (nSPS) is 11.4. The number of methoxy groups -OCH3 is 1. The van der Waals surface area contributed by atoms with E-state index >= 15 is 0 Å². The second-order valence-electron chi connectivity index (χ2n) is 9.08. The number of nitrogens with zero attached hydrogens (tertiary/aromatic N) is 1. The van der Waals surface area contributed by atoms with Crippen molar-refractivity contribution in [2.24, 2.45) is 0 Å². The summed E-state index contributed by atoms with van der Waals surface area (Å²) in [5.41, 5.74) is 3.46. The summed E-state index contributed by atoms with van der Waals surface area (Å²) in [5, 5.41) is 3.02. The third kappa shape index (κ3) is 7.53. The minimum absolute atomic E-state index is 0.152. The average molecular weight is 511 g/mol. The van der Waals surface area contributed by atoms with Crippen LogP contribution in [0, 0.1) is 5.82 Å². The molecule has 0 aliphatic carbocycles. The lowest BCUT2D eigenvalue weighted by molar-refractivity contribution is -0.140. The maximum absolute atomic E-state index is 13.7. The summed E-state index contributed by atoms with van der Waals surface area (Å²) in [6, 6.07) is 31.8. The molecule has 0 saturated heterocycles. The van der Waals surface area contributed by atoms with Gasteiger partial charge in [0, 0.05) is 19.5 Å². The van der Waals surface area contributed by atoms with Gasteiger partial charge in [0.15, 0.2) is 0 Å². The molecular weight excluding hydrogens is 479 g/mol. The van der Waals surface area contributed by atoms with Gasteiger partial charge in [0.25, 0.3) is 0 Å². The summed E-state index contributed by atoms with van der Waals surface area (Å²) in [6.07, 6.45) is 0.496. The number of ether oxygens (including phenoxy) is 1. The zero-order chi connectivity index (χ0) is 26.7. The van der Waals surface area contributed by atoms with Crippen LogP contribution >= 0.6 is 0 Å². The van der Waals surface area contributed by atoms with Gasteiger partial charge < -0.3 is 15.0 Å². The average Bonchev–Trinajstić information content (AvgIpc) is 2.96. The van der Waals surface area contributed by atoms with Crippen LogP contribution in [-0.4, -0.2) is 29.9 Å². The van der Waals surface area contributed by atoms with Crippen molar-refractivity contribution in [3.05, 3.63) is 137 Å². The van der Waals surface area contributed by atoms with E-state index in [-0.39, 0.29) is 30.6 Å². The van der Waals surface area contributed by atoms with Crippen LogP contribution in [0.1, 0.15) is 22.3 Å². The third-order valence-electron chi connectivity index (χ3n) is 6.36. The van der Waals surface area contributed by atoms with Gasteiger partial charge in [-0.15, -0.1) is 0 Å². The minimum atomic E-state index is -0.767. The number of carbonyl (C=O) groups is 2. The number of hydrogen-bond acceptors (Lipinski definition) is 3. The molecule has 0 aliphatic heterocycles. The summed E-state index contributed by atoms with van der Waals surface area (Å²) in [6.45, 7) is 0.491. The van der Waals surface area contributed by atoms with Crippen molar-refractivity contribution in [2.75, 3.05) is 7.11 Å². The number of halogens is 1. The van der Waals surface area contributed by atoms with E-state index in [4.69, 9.17) is 4.74 Å². The van der Waals surface area contributed by atoms with Gasteiger partial charge >= 0.3 is 0 Å². The Morgan fingerprint density at radius 3 is 1.95 bits per heavy atom. The Labute approximate surface area is 222 Å². The first-order valence-electron chi connectivity index (χ1n) is 12.5. The largest absolute Gasteiger partial charge is 0.497 e. The lowest BCUT2D eigenvalue weighted by Crippen LogP contribution is -2.50. The van der Waals surface area contributed by atoms with E-state index in [1.165, 1.54) is 12.1 Å². The topological polar surface area (TPSA) is 58.6 Å². The van der Waals surface area contributed by atoms with Crippen LogP contribution in [0.25, 0.3) is 0 Å². The van der Waals surface area contributed by atoms with Crippen molar-refractivity contribution < 1.29 is 18.7 Å². The van der Waals surface area contributed by atoms with Gasteiger partial charge in [0.1, 0.15) is 17.6 Å². The van der Waals surface area contributed by atoms with Crippen molar-refractivity contribution in [3.8, 4) is 5.75 Å². The van der Waals surface area contributed by atoms with Crippen LogP contribution in [0.4, 0.5) is 4.39 Å². The number of carbonyl (C=O) groups excluding carboxylic acids is 2. The van der Waals surface area contributed by atoms with Crippen LogP contribution in [-0.2, 0) is 35.5 Å². The van der Waals surface area contributed by atoms with Gasteiger partial charge in [-0.2, -0.15) is 0 Å². The Balaban J connectivity index is 1.62. The predicted octanol–water partition coefficient (Wildman–Crippen LogP) is 5.33. The van der Waals surface area contributed by atoms with Gasteiger partial charge in [0.05, 0.1) is 13.5 Å². The van der Waals surface area contributed by atoms with E-state index in [1.807, 2.05) is 84.9 Å². The van der Waals surface area contributed by atoms with Crippen LogP contribution < -0.4 is 10.1 Å². The third-order valence-corrected chi connectivity index (χ3v) is 6.36. The summed E-state index contributed by atoms with van der Waals surface area (Å²) < 4.78 is 18.8. The van der Waals surface area contributed by atoms with Gasteiger partial charge in [-0.1, -0.05) is 84.9 Å². The molecule has 0 aromatic heterocycles. The van der Waals surface area contributed by atoms with E-state index < -0.39 is 6.04 Å². The fourth-order valence-corrected chi connectivity index (χ4v) is 4.26. The molecule has 4 aromatic carbocycles. The molecule has 1 N–H and O–H groups in total. The number of nitrogens with one attached hydrogen (secondary N) is 1. The van der Waals surface area contributed by atoms with Crippen LogP contribution in [0.15, 0.2) is 109 Å². The SMILES string of the molecule is COc1ccc(CNC(=O)[C@@H](Cc2ccccc2)N(Cc2ccc(F)cc2)C(=O)Cc2ccccc2)cc1. The van der Waals surface area contributed by atoms with Crippen molar-refractivity contribution in [3.63, 3.8) is 0 Å². The number of amides is 2. The second kappa shape index (κ2) is 13.2. The first kappa shape index (κ1) is 26.6. The molecule has 4 aromatic rings. The van der Waals surface area contributed by atoms with Gasteiger partial charge in [-0.25, -0.2) is 4.39 Å². The number of rotatable bonds is 11. The summed E-state index contributed by atoms with van der Waals surface area (Å²) >= 11 is 0. The summed E-state index contributed by atoms with van der Waals surface area (Å²) in [4.78, 5) is 29.0. The lowest BCUT2D eigenvalue weighted by Gasteiger charge is -2.32. The van der Waals surface area contributed by atoms with E-state index in [0.717, 1.165) is 28.0 Å². The molecule has 0 saturated carbocycles. The molecule has 4 rings (SSSR count). The Bertz CT molecular complexity index is 1310. The molecule has 0 fully saturated rings. The highest BCUT2D eigenvalue weighted by molar-refractivity contribution is 5.88. The smallest absolute Gasteiger partial charge is 0.243 e. The molecular formula is C32H31FN2O3. The van der Waals surface area contributed by atoms with Crippen LogP contribution in [0.5, 0.6) is 5.75 Å². The fourth-order valence-electron chi connectivity index (χ4n) is 4.26. The lowest BCUT2D eigenvalue weighted by atomic mass is 10.0. The predicted molar refractivity (Wildman–Crippen MR) is 146 cm³/mol. The zero-order valence-corrected chi connectivity index (χ0v) is 21.3. The maximum atomic E-state index is 13.7. The molecule has 0 heterocycles. The maximum Gasteiger partial charge on any atom is 0.243 e. The first-order chi connectivity index (χ1) is 18.5. The molecule has 0 radical (unpaired) electrons. The van der Waals surface area contributed by atoms with Crippen LogP contribution in [0.2, 0.25) is 0 Å². The summed E-state index contributed by atoms with van der Waals surface area (Å²) in [5.74, 6) is -0.0535. The standard InChI is InChI=1S/C32H31FN2O3/c1-38-29-18-14-26(15-19-29)22-34-32(37)30(20-24-8-4-2-5-9-24)35(23-27-12-16-28(33)17-13-27)31(36)21-25-10-6-3-7-11-25/h2-19,30H,20-23H2,1H3,(H,34,37)/t30-/m1/s1. The monoisotopic (exact) mass is 510 g/mol. The molecule has 6 heteroatoms. The van der Waals surface area contributed by atoms with Crippen molar-refractivity contribution in [1.82, 2.24) is 10.2 Å². The summed E-state index contributed by atoms with van der Waals surface area (Å²) in [7, 11) is 1.60.